The first-order chi connectivity index (χ1) is 11.5. The predicted octanol–water partition coefficient (Wildman–Crippen LogP) is 4.83. The smallest absolute Gasteiger partial charge is 0.307 e. The molecule has 1 N–H and O–H groups in total. The lowest BCUT2D eigenvalue weighted by molar-refractivity contribution is 0.259. The summed E-state index contributed by atoms with van der Waals surface area (Å²) >= 11 is 1.63. The minimum Gasteiger partial charge on any atom is -0.307 e. The molecule has 4 nitrogen and oxygen atoms in total. The number of anilines is 2. The summed E-state index contributed by atoms with van der Waals surface area (Å²) in [4.78, 5) is 19.1. The van der Waals surface area contributed by atoms with Crippen molar-refractivity contribution in [1.29, 1.82) is 0 Å². The first-order valence-corrected chi connectivity index (χ1v) is 8.86. The Labute approximate surface area is 147 Å². The second kappa shape index (κ2) is 7.09. The third-order valence-electron chi connectivity index (χ3n) is 3.75. The van der Waals surface area contributed by atoms with Gasteiger partial charge in [-0.1, -0.05) is 48.5 Å². The lowest BCUT2D eigenvalue weighted by Crippen LogP contribution is -2.38. The summed E-state index contributed by atoms with van der Waals surface area (Å²) in [6, 6.07) is 15.5. The number of nitrogens with zero attached hydrogens (tertiary/aromatic N) is 2. The van der Waals surface area contributed by atoms with E-state index in [2.05, 4.69) is 17.2 Å². The molecule has 2 aromatic carbocycles. The van der Waals surface area contributed by atoms with Gasteiger partial charge in [-0.15, -0.1) is 0 Å². The number of amidine groups is 1. The third kappa shape index (κ3) is 3.79. The van der Waals surface area contributed by atoms with Gasteiger partial charge in [0.15, 0.2) is 5.17 Å². The van der Waals surface area contributed by atoms with E-state index in [9.17, 15) is 4.79 Å². The highest BCUT2D eigenvalue weighted by Crippen LogP contribution is 2.28. The lowest BCUT2D eigenvalue weighted by Gasteiger charge is -2.23. The quantitative estimate of drug-likeness (QED) is 0.851. The maximum atomic E-state index is 12.9. The monoisotopic (exact) mass is 339 g/mol. The summed E-state index contributed by atoms with van der Waals surface area (Å²) in [5, 5.41) is 4.11. The van der Waals surface area contributed by atoms with E-state index >= 15 is 0 Å². The SMILES string of the molecule is Cc1ccc(NC(=O)N(C2=NC[C@H](C)S2)c2cccc(C)c2)cc1. The van der Waals surface area contributed by atoms with Gasteiger partial charge in [0.2, 0.25) is 0 Å². The van der Waals surface area contributed by atoms with Crippen LogP contribution >= 0.6 is 11.8 Å². The van der Waals surface area contributed by atoms with Gasteiger partial charge in [-0.3, -0.25) is 4.99 Å². The summed E-state index contributed by atoms with van der Waals surface area (Å²) in [5.74, 6) is 0. The van der Waals surface area contributed by atoms with E-state index < -0.39 is 0 Å². The number of nitrogens with one attached hydrogen (secondary N) is 1. The topological polar surface area (TPSA) is 44.7 Å². The average molecular weight is 339 g/mol. The lowest BCUT2D eigenvalue weighted by atomic mass is 10.2. The molecule has 0 aromatic heterocycles. The van der Waals surface area contributed by atoms with Crippen molar-refractivity contribution in [1.82, 2.24) is 0 Å². The van der Waals surface area contributed by atoms with Crippen molar-refractivity contribution in [3.63, 3.8) is 0 Å². The summed E-state index contributed by atoms with van der Waals surface area (Å²) in [7, 11) is 0. The Kier molecular flexibility index (Phi) is 4.90. The molecule has 0 bridgehead atoms. The van der Waals surface area contributed by atoms with Crippen LogP contribution < -0.4 is 10.2 Å². The summed E-state index contributed by atoms with van der Waals surface area (Å²) < 4.78 is 0. The molecule has 0 aliphatic carbocycles. The molecule has 0 radical (unpaired) electrons. The molecular formula is C19H21N3OS. The Morgan fingerprint density at radius 3 is 2.54 bits per heavy atom. The van der Waals surface area contributed by atoms with Crippen LogP contribution in [0.4, 0.5) is 16.2 Å². The summed E-state index contributed by atoms with van der Waals surface area (Å²) in [5.41, 5.74) is 3.88. The molecule has 1 atom stereocenters. The van der Waals surface area contributed by atoms with Gasteiger partial charge in [-0.25, -0.2) is 9.69 Å². The highest BCUT2D eigenvalue weighted by molar-refractivity contribution is 8.15. The van der Waals surface area contributed by atoms with Crippen LogP contribution in [-0.4, -0.2) is 23.0 Å². The second-order valence-electron chi connectivity index (χ2n) is 6.02. The molecule has 1 heterocycles. The van der Waals surface area contributed by atoms with Crippen molar-refractivity contribution >= 4 is 34.3 Å². The molecule has 0 spiro atoms. The summed E-state index contributed by atoms with van der Waals surface area (Å²) in [6.45, 7) is 6.90. The standard InChI is InChI=1S/C19H21N3OS/c1-13-7-9-16(10-8-13)21-18(23)22(19-20-12-15(3)24-19)17-6-4-5-14(2)11-17/h4-11,15H,12H2,1-3H3,(H,21,23)/t15-/m0/s1. The van der Waals surface area contributed by atoms with E-state index in [1.807, 2.05) is 62.4 Å². The van der Waals surface area contributed by atoms with E-state index in [4.69, 9.17) is 0 Å². The fraction of sp³-hybridized carbons (Fsp3) is 0.263. The minimum atomic E-state index is -0.190. The van der Waals surface area contributed by atoms with E-state index in [1.165, 1.54) is 0 Å². The van der Waals surface area contributed by atoms with E-state index in [-0.39, 0.29) is 6.03 Å². The van der Waals surface area contributed by atoms with Crippen molar-refractivity contribution in [3.8, 4) is 0 Å². The van der Waals surface area contributed by atoms with Gasteiger partial charge in [-0.05, 0) is 43.7 Å². The van der Waals surface area contributed by atoms with Gasteiger partial charge in [0, 0.05) is 10.9 Å². The highest BCUT2D eigenvalue weighted by Gasteiger charge is 2.27. The van der Waals surface area contributed by atoms with Crippen LogP contribution in [0.3, 0.4) is 0 Å². The first-order valence-electron chi connectivity index (χ1n) is 7.98. The molecule has 3 rings (SSSR count). The zero-order valence-corrected chi connectivity index (χ0v) is 14.9. The molecule has 1 aliphatic rings. The second-order valence-corrected chi connectivity index (χ2v) is 7.43. The maximum Gasteiger partial charge on any atom is 0.332 e. The van der Waals surface area contributed by atoms with Gasteiger partial charge < -0.3 is 5.32 Å². The van der Waals surface area contributed by atoms with Gasteiger partial charge in [0.25, 0.3) is 0 Å². The number of carbonyl (C=O) groups is 1. The molecule has 2 amide bonds. The van der Waals surface area contributed by atoms with Gasteiger partial charge in [-0.2, -0.15) is 0 Å². The molecule has 0 saturated carbocycles. The molecule has 5 heteroatoms. The molecule has 0 saturated heterocycles. The minimum absolute atomic E-state index is 0.190. The van der Waals surface area contributed by atoms with Crippen LogP contribution in [0.25, 0.3) is 0 Å². The Hall–Kier alpha value is -2.27. The number of rotatable bonds is 2. The van der Waals surface area contributed by atoms with Crippen molar-refractivity contribution in [2.24, 2.45) is 4.99 Å². The number of carbonyl (C=O) groups excluding carboxylic acids is 1. The molecule has 0 fully saturated rings. The van der Waals surface area contributed by atoms with Crippen LogP contribution in [0.5, 0.6) is 0 Å². The number of aryl methyl sites for hydroxylation is 2. The van der Waals surface area contributed by atoms with E-state index in [0.29, 0.717) is 5.25 Å². The van der Waals surface area contributed by atoms with Crippen molar-refractivity contribution < 1.29 is 4.79 Å². The third-order valence-corrected chi connectivity index (χ3v) is 4.82. The fourth-order valence-corrected chi connectivity index (χ4v) is 3.43. The normalized spacial score (nSPS) is 16.6. The fourth-order valence-electron chi connectivity index (χ4n) is 2.48. The highest BCUT2D eigenvalue weighted by atomic mass is 32.2. The number of aliphatic imine (C=N–C) groups is 1. The molecule has 2 aromatic rings. The van der Waals surface area contributed by atoms with Gasteiger partial charge in [0.1, 0.15) is 0 Å². The van der Waals surface area contributed by atoms with Crippen molar-refractivity contribution in [2.75, 3.05) is 16.8 Å². The Morgan fingerprint density at radius 2 is 1.92 bits per heavy atom. The van der Waals surface area contributed by atoms with Crippen LogP contribution in [0.15, 0.2) is 53.5 Å². The van der Waals surface area contributed by atoms with Crippen LogP contribution in [0.2, 0.25) is 0 Å². The number of hydrogen-bond acceptors (Lipinski definition) is 3. The van der Waals surface area contributed by atoms with E-state index in [0.717, 1.165) is 34.2 Å². The number of thioether (sulfide) groups is 1. The predicted molar refractivity (Wildman–Crippen MR) is 103 cm³/mol. The number of hydrogen-bond donors (Lipinski definition) is 1. The molecule has 24 heavy (non-hydrogen) atoms. The van der Waals surface area contributed by atoms with E-state index in [1.54, 1.807) is 16.7 Å². The van der Waals surface area contributed by atoms with Gasteiger partial charge >= 0.3 is 6.03 Å². The number of benzene rings is 2. The number of amides is 2. The Balaban J connectivity index is 1.89. The maximum absolute atomic E-state index is 12.9. The average Bonchev–Trinajstić information content (AvgIpc) is 2.96. The molecule has 1 aliphatic heterocycles. The Morgan fingerprint density at radius 1 is 1.17 bits per heavy atom. The zero-order valence-electron chi connectivity index (χ0n) is 14.1. The van der Waals surface area contributed by atoms with Crippen molar-refractivity contribution in [3.05, 3.63) is 59.7 Å². The first kappa shape index (κ1) is 16.6. The summed E-state index contributed by atoms with van der Waals surface area (Å²) in [6.07, 6.45) is 0. The number of urea groups is 1. The molecule has 124 valence electrons. The Bertz CT molecular complexity index is 770. The molecule has 0 unspecified atom stereocenters. The van der Waals surface area contributed by atoms with Crippen LogP contribution in [0.1, 0.15) is 18.1 Å². The van der Waals surface area contributed by atoms with Gasteiger partial charge in [0.05, 0.1) is 12.2 Å². The largest absolute Gasteiger partial charge is 0.332 e. The van der Waals surface area contributed by atoms with Crippen LogP contribution in [0, 0.1) is 13.8 Å². The zero-order chi connectivity index (χ0) is 17.1. The molecular weight excluding hydrogens is 318 g/mol. The van der Waals surface area contributed by atoms with Crippen LogP contribution in [-0.2, 0) is 0 Å². The van der Waals surface area contributed by atoms with Crippen molar-refractivity contribution in [2.45, 2.75) is 26.0 Å².